The number of piperidine rings is 1. The molecule has 0 saturated carbocycles. The summed E-state index contributed by atoms with van der Waals surface area (Å²) in [4.78, 5) is 28.0. The molecule has 2 saturated heterocycles. The largest absolute Gasteiger partial charge is 0.494 e. The molecule has 5 N–H and O–H groups in total. The monoisotopic (exact) mass is 556 g/mol. The maximum absolute atomic E-state index is 14.5. The van der Waals surface area contributed by atoms with E-state index >= 15 is 0 Å². The quantitative estimate of drug-likeness (QED) is 0.334. The Balaban J connectivity index is 0.00000370. The molecule has 2 aliphatic rings. The van der Waals surface area contributed by atoms with E-state index in [0.717, 1.165) is 37.6 Å². The van der Waals surface area contributed by atoms with Crippen LogP contribution in [0.15, 0.2) is 54.6 Å². The summed E-state index contributed by atoms with van der Waals surface area (Å²) in [6.45, 7) is 4.90. The topological polar surface area (TPSA) is 107 Å². The maximum Gasteiger partial charge on any atom is 0.335 e. The second-order valence-corrected chi connectivity index (χ2v) is 10.3. The van der Waals surface area contributed by atoms with Crippen molar-refractivity contribution in [2.75, 3.05) is 31.1 Å². The first-order valence-corrected chi connectivity index (χ1v) is 12.9. The lowest BCUT2D eigenvalue weighted by atomic mass is 9.77. The van der Waals surface area contributed by atoms with E-state index in [1.807, 2.05) is 13.0 Å². The van der Waals surface area contributed by atoms with E-state index in [0.29, 0.717) is 49.2 Å². The van der Waals surface area contributed by atoms with Gasteiger partial charge in [0.25, 0.3) is 0 Å². The number of halogens is 3. The van der Waals surface area contributed by atoms with Gasteiger partial charge in [-0.1, -0.05) is 0 Å². The van der Waals surface area contributed by atoms with Gasteiger partial charge in [0.1, 0.15) is 11.6 Å². The van der Waals surface area contributed by atoms with Gasteiger partial charge in [-0.05, 0) is 97.9 Å². The van der Waals surface area contributed by atoms with Crippen LogP contribution in [0.2, 0.25) is 0 Å². The Labute approximate surface area is 230 Å². The number of amides is 1. The van der Waals surface area contributed by atoms with Gasteiger partial charge in [0, 0.05) is 36.8 Å². The van der Waals surface area contributed by atoms with Gasteiger partial charge in [-0.25, -0.2) is 18.0 Å². The molecular formula is C30H33F3N3O4+. The molecule has 0 bridgehead atoms. The van der Waals surface area contributed by atoms with E-state index in [1.54, 1.807) is 29.2 Å². The normalized spacial score (nSPS) is 16.7. The first-order chi connectivity index (χ1) is 18.7. The minimum atomic E-state index is -1.24. The molecule has 7 nitrogen and oxygen atoms in total. The van der Waals surface area contributed by atoms with Gasteiger partial charge < -0.3 is 20.9 Å². The Kier molecular flexibility index (Phi) is 8.51. The highest BCUT2D eigenvalue weighted by molar-refractivity contribution is 5.97. The number of anilines is 1. The summed E-state index contributed by atoms with van der Waals surface area (Å²) >= 11 is 0. The minimum absolute atomic E-state index is 0. The molecule has 5 rings (SSSR count). The van der Waals surface area contributed by atoms with Crippen molar-refractivity contribution in [3.05, 3.63) is 83.2 Å². The first kappa shape index (κ1) is 29.1. The Morgan fingerprint density at radius 2 is 1.65 bits per heavy atom. The zero-order valence-corrected chi connectivity index (χ0v) is 22.6. The number of nitrogens with zero attached hydrogens (tertiary/aromatic N) is 2. The summed E-state index contributed by atoms with van der Waals surface area (Å²) in [5.74, 6) is -3.65. The van der Waals surface area contributed by atoms with Gasteiger partial charge in [-0.15, -0.1) is 0 Å². The molecule has 2 heterocycles. The molecule has 3 aromatic carbocycles. The zero-order chi connectivity index (χ0) is 27.7. The van der Waals surface area contributed by atoms with Gasteiger partial charge in [-0.2, -0.15) is 0 Å². The van der Waals surface area contributed by atoms with E-state index in [9.17, 15) is 22.8 Å². The van der Waals surface area contributed by atoms with Gasteiger partial charge in [0.15, 0.2) is 11.6 Å². The number of benzene rings is 3. The van der Waals surface area contributed by atoms with Crippen molar-refractivity contribution in [1.29, 1.82) is 0 Å². The lowest BCUT2D eigenvalue weighted by Crippen LogP contribution is -2.41. The van der Waals surface area contributed by atoms with Crippen LogP contribution in [-0.4, -0.2) is 48.1 Å². The number of carboxylic acids is 1. The SMILES string of the molecule is CCOc1cc(CN2CCC3(CC2)CC(=O)N(c2ccc(C(=O)O)cc2)C3)cc(-c2cc(F)c(F)cc2F)c1.[NH4+]. The van der Waals surface area contributed by atoms with Crippen molar-refractivity contribution in [3.8, 4) is 16.9 Å². The summed E-state index contributed by atoms with van der Waals surface area (Å²) in [5.41, 5.74) is 1.97. The summed E-state index contributed by atoms with van der Waals surface area (Å²) in [6.07, 6.45) is 2.08. The molecular weight excluding hydrogens is 523 g/mol. The molecule has 0 atom stereocenters. The third kappa shape index (κ3) is 5.97. The number of ether oxygens (including phenoxy) is 1. The van der Waals surface area contributed by atoms with Crippen LogP contribution in [0, 0.1) is 22.9 Å². The van der Waals surface area contributed by atoms with Crippen molar-refractivity contribution >= 4 is 17.6 Å². The fourth-order valence-electron chi connectivity index (χ4n) is 5.59. The van der Waals surface area contributed by atoms with E-state index in [2.05, 4.69) is 4.90 Å². The average molecular weight is 557 g/mol. The Bertz CT molecular complexity index is 1410. The third-order valence-electron chi connectivity index (χ3n) is 7.67. The lowest BCUT2D eigenvalue weighted by molar-refractivity contribution is -0.118. The molecule has 3 aromatic rings. The van der Waals surface area contributed by atoms with Gasteiger partial charge in [0.05, 0.1) is 12.2 Å². The van der Waals surface area contributed by atoms with Crippen LogP contribution in [0.3, 0.4) is 0 Å². The molecule has 0 aliphatic carbocycles. The Morgan fingerprint density at radius 1 is 0.975 bits per heavy atom. The zero-order valence-electron chi connectivity index (χ0n) is 22.6. The Morgan fingerprint density at radius 3 is 2.30 bits per heavy atom. The first-order valence-electron chi connectivity index (χ1n) is 12.9. The molecule has 0 aromatic heterocycles. The summed E-state index contributed by atoms with van der Waals surface area (Å²) in [5, 5.41) is 9.13. The van der Waals surface area contributed by atoms with Crippen molar-refractivity contribution in [2.24, 2.45) is 5.41 Å². The third-order valence-corrected chi connectivity index (χ3v) is 7.67. The number of carbonyl (C=O) groups excluding carboxylic acids is 1. The van der Waals surface area contributed by atoms with Crippen LogP contribution in [-0.2, 0) is 11.3 Å². The predicted molar refractivity (Wildman–Crippen MR) is 146 cm³/mol. The molecule has 2 fully saturated rings. The maximum atomic E-state index is 14.5. The van der Waals surface area contributed by atoms with E-state index in [-0.39, 0.29) is 28.6 Å². The van der Waals surface area contributed by atoms with Crippen molar-refractivity contribution < 1.29 is 32.6 Å². The van der Waals surface area contributed by atoms with Crippen LogP contribution in [0.5, 0.6) is 5.75 Å². The van der Waals surface area contributed by atoms with Crippen molar-refractivity contribution in [3.63, 3.8) is 0 Å². The van der Waals surface area contributed by atoms with Gasteiger partial charge >= 0.3 is 5.97 Å². The molecule has 0 unspecified atom stereocenters. The number of hydrogen-bond acceptors (Lipinski definition) is 4. The predicted octanol–water partition coefficient (Wildman–Crippen LogP) is 6.26. The number of hydrogen-bond donors (Lipinski definition) is 2. The molecule has 0 radical (unpaired) electrons. The second-order valence-electron chi connectivity index (χ2n) is 10.3. The highest BCUT2D eigenvalue weighted by Crippen LogP contribution is 2.43. The molecule has 212 valence electrons. The van der Waals surface area contributed by atoms with Crippen LogP contribution >= 0.6 is 0 Å². The standard InChI is InChI=1S/C30H29F3N2O4.H3N/c1-2-39-23-12-19(11-21(13-23)24-14-26(32)27(33)15-25(24)31)17-34-9-7-30(8-10-34)16-28(36)35(18-30)22-5-3-20(4-6-22)29(37)38;/h3-6,11-15H,2,7-10,16-18H2,1H3,(H,37,38);1H3/p+1. The number of likely N-dealkylation sites (tertiary alicyclic amines) is 1. The number of carbonyl (C=O) groups is 2. The lowest BCUT2D eigenvalue weighted by Gasteiger charge is -2.39. The fraction of sp³-hybridized carbons (Fsp3) is 0.333. The molecule has 40 heavy (non-hydrogen) atoms. The Hall–Kier alpha value is -3.89. The smallest absolute Gasteiger partial charge is 0.335 e. The van der Waals surface area contributed by atoms with E-state index < -0.39 is 23.4 Å². The average Bonchev–Trinajstić information content (AvgIpc) is 3.23. The van der Waals surface area contributed by atoms with E-state index in [1.165, 1.54) is 12.1 Å². The van der Waals surface area contributed by atoms with Gasteiger partial charge in [0.2, 0.25) is 5.91 Å². The summed E-state index contributed by atoms with van der Waals surface area (Å²) in [7, 11) is 0. The number of rotatable bonds is 7. The molecule has 2 aliphatic heterocycles. The van der Waals surface area contributed by atoms with Crippen LogP contribution < -0.4 is 15.8 Å². The highest BCUT2D eigenvalue weighted by Gasteiger charge is 2.45. The number of quaternary nitrogens is 1. The summed E-state index contributed by atoms with van der Waals surface area (Å²) < 4.78 is 47.6. The highest BCUT2D eigenvalue weighted by atomic mass is 19.2. The van der Waals surface area contributed by atoms with Crippen LogP contribution in [0.4, 0.5) is 18.9 Å². The summed E-state index contributed by atoms with van der Waals surface area (Å²) in [6, 6.07) is 13.0. The number of aromatic carboxylic acids is 1. The van der Waals surface area contributed by atoms with Crippen molar-refractivity contribution in [1.82, 2.24) is 11.1 Å². The fourth-order valence-corrected chi connectivity index (χ4v) is 5.59. The minimum Gasteiger partial charge on any atom is -0.494 e. The van der Waals surface area contributed by atoms with Crippen LogP contribution in [0.25, 0.3) is 11.1 Å². The molecule has 1 amide bonds. The number of carboxylic acid groups (broad SMARTS) is 1. The van der Waals surface area contributed by atoms with Crippen molar-refractivity contribution in [2.45, 2.75) is 32.7 Å². The van der Waals surface area contributed by atoms with Crippen LogP contribution in [0.1, 0.15) is 42.1 Å². The second kappa shape index (κ2) is 11.7. The van der Waals surface area contributed by atoms with E-state index in [4.69, 9.17) is 9.84 Å². The molecule has 1 spiro atoms. The molecule has 10 heteroatoms. The van der Waals surface area contributed by atoms with Gasteiger partial charge in [-0.3, -0.25) is 9.69 Å².